The molecule has 0 amide bonds. The molecule has 0 spiro atoms. The Morgan fingerprint density at radius 1 is 1.40 bits per heavy atom. The number of carbonyl (C=O) groups is 1. The zero-order chi connectivity index (χ0) is 10.8. The Hall–Kier alpha value is -0.610. The summed E-state index contributed by atoms with van der Waals surface area (Å²) in [5.74, 6) is -0.236. The van der Waals surface area contributed by atoms with E-state index in [1.807, 2.05) is 0 Å². The number of hydrogen-bond acceptors (Lipinski definition) is 3. The maximum atomic E-state index is 11.0. The number of methoxy groups -OCH3 is 1. The lowest BCUT2D eigenvalue weighted by molar-refractivity contribution is -0.143. The molecule has 1 aliphatic carbocycles. The highest BCUT2D eigenvalue weighted by atomic mass is 16.5. The quantitative estimate of drug-likeness (QED) is 0.718. The average Bonchev–Trinajstić information content (AvgIpc) is 2.27. The second kappa shape index (κ2) is 4.49. The minimum absolute atomic E-state index is 0.123. The first-order valence-electron chi connectivity index (χ1n) is 5.74. The van der Waals surface area contributed by atoms with Gasteiger partial charge in [0.1, 0.15) is 6.04 Å². The Labute approximate surface area is 90.0 Å². The zero-order valence-electron chi connectivity index (χ0n) is 9.11. The number of aliphatic carboxylic acids is 1. The smallest absolute Gasteiger partial charge is 0.320 e. The molecule has 4 nitrogen and oxygen atoms in total. The van der Waals surface area contributed by atoms with Crippen LogP contribution in [-0.2, 0) is 9.53 Å². The first kappa shape index (κ1) is 10.9. The van der Waals surface area contributed by atoms with Crippen molar-refractivity contribution in [1.82, 2.24) is 5.32 Å². The van der Waals surface area contributed by atoms with Gasteiger partial charge >= 0.3 is 5.97 Å². The molecular formula is C11H19NO3. The van der Waals surface area contributed by atoms with Crippen molar-refractivity contribution >= 4 is 5.97 Å². The second-order valence-corrected chi connectivity index (χ2v) is 4.62. The summed E-state index contributed by atoms with van der Waals surface area (Å²) in [6.07, 6.45) is 5.44. The van der Waals surface area contributed by atoms with Crippen LogP contribution in [0.5, 0.6) is 0 Å². The largest absolute Gasteiger partial charge is 0.480 e. The Morgan fingerprint density at radius 2 is 2.13 bits per heavy atom. The van der Waals surface area contributed by atoms with Crippen LogP contribution in [-0.4, -0.2) is 36.4 Å². The van der Waals surface area contributed by atoms with Gasteiger partial charge in [0.25, 0.3) is 0 Å². The third kappa shape index (κ3) is 2.16. The van der Waals surface area contributed by atoms with Gasteiger partial charge in [0.2, 0.25) is 0 Å². The average molecular weight is 213 g/mol. The molecule has 2 fully saturated rings. The lowest BCUT2D eigenvalue weighted by atomic mass is 9.76. The molecule has 1 saturated heterocycles. The van der Waals surface area contributed by atoms with Crippen LogP contribution in [0.2, 0.25) is 0 Å². The van der Waals surface area contributed by atoms with E-state index in [1.54, 1.807) is 7.11 Å². The lowest BCUT2D eigenvalue weighted by Gasteiger charge is -2.43. The van der Waals surface area contributed by atoms with Gasteiger partial charge in [0.05, 0.1) is 6.10 Å². The van der Waals surface area contributed by atoms with Crippen LogP contribution in [0.3, 0.4) is 0 Å². The summed E-state index contributed by atoms with van der Waals surface area (Å²) in [5, 5.41) is 12.3. The van der Waals surface area contributed by atoms with Crippen molar-refractivity contribution in [2.45, 2.75) is 50.3 Å². The van der Waals surface area contributed by atoms with E-state index in [0.717, 1.165) is 6.42 Å². The van der Waals surface area contributed by atoms with E-state index in [-0.39, 0.29) is 6.10 Å². The van der Waals surface area contributed by atoms with E-state index in [1.165, 1.54) is 19.3 Å². The van der Waals surface area contributed by atoms with Gasteiger partial charge in [-0.2, -0.15) is 0 Å². The number of fused-ring (bicyclic) bond motifs is 1. The van der Waals surface area contributed by atoms with E-state index in [9.17, 15) is 4.79 Å². The maximum Gasteiger partial charge on any atom is 0.320 e. The minimum atomic E-state index is -0.749. The summed E-state index contributed by atoms with van der Waals surface area (Å²) in [7, 11) is 1.70. The number of hydrogen-bond donors (Lipinski definition) is 2. The molecule has 4 atom stereocenters. The molecule has 2 aliphatic rings. The highest BCUT2D eigenvalue weighted by molar-refractivity contribution is 5.73. The van der Waals surface area contributed by atoms with E-state index < -0.39 is 12.0 Å². The summed E-state index contributed by atoms with van der Waals surface area (Å²) in [5.41, 5.74) is 0. The van der Waals surface area contributed by atoms with E-state index in [2.05, 4.69) is 5.32 Å². The van der Waals surface area contributed by atoms with Crippen molar-refractivity contribution in [3.8, 4) is 0 Å². The van der Waals surface area contributed by atoms with Crippen LogP contribution < -0.4 is 5.32 Å². The third-order valence-corrected chi connectivity index (χ3v) is 3.78. The van der Waals surface area contributed by atoms with Crippen molar-refractivity contribution in [2.75, 3.05) is 7.11 Å². The number of carboxylic acids is 1. The van der Waals surface area contributed by atoms with Gasteiger partial charge in [-0.25, -0.2) is 0 Å². The topological polar surface area (TPSA) is 58.6 Å². The molecule has 4 heteroatoms. The fraction of sp³-hybridized carbons (Fsp3) is 0.909. The van der Waals surface area contributed by atoms with Gasteiger partial charge in [-0.1, -0.05) is 12.8 Å². The zero-order valence-corrected chi connectivity index (χ0v) is 9.11. The highest BCUT2D eigenvalue weighted by Crippen LogP contribution is 2.33. The molecular weight excluding hydrogens is 194 g/mol. The van der Waals surface area contributed by atoms with Crippen molar-refractivity contribution in [1.29, 1.82) is 0 Å². The summed E-state index contributed by atoms with van der Waals surface area (Å²) in [4.78, 5) is 11.0. The third-order valence-electron chi connectivity index (χ3n) is 3.78. The normalized spacial score (nSPS) is 40.9. The molecule has 15 heavy (non-hydrogen) atoms. The van der Waals surface area contributed by atoms with Crippen molar-refractivity contribution < 1.29 is 14.6 Å². The van der Waals surface area contributed by atoms with Gasteiger partial charge in [-0.3, -0.25) is 4.79 Å². The van der Waals surface area contributed by atoms with Crippen LogP contribution in [0.25, 0.3) is 0 Å². The molecule has 0 bridgehead atoms. The molecule has 0 aromatic heterocycles. The van der Waals surface area contributed by atoms with E-state index in [4.69, 9.17) is 9.84 Å². The Morgan fingerprint density at radius 3 is 2.80 bits per heavy atom. The van der Waals surface area contributed by atoms with Crippen molar-refractivity contribution in [2.24, 2.45) is 5.92 Å². The number of carboxylic acid groups (broad SMARTS) is 1. The van der Waals surface area contributed by atoms with Gasteiger partial charge in [0.15, 0.2) is 0 Å². The summed E-state index contributed by atoms with van der Waals surface area (Å²) in [6, 6.07) is -0.0761. The molecule has 1 aliphatic heterocycles. The molecule has 2 rings (SSSR count). The van der Waals surface area contributed by atoms with Crippen molar-refractivity contribution in [3.05, 3.63) is 0 Å². The Bertz CT molecular complexity index is 236. The SMILES string of the molecule is COC1CC(C(=O)O)NC2CCCCC21. The molecule has 2 N–H and O–H groups in total. The highest BCUT2D eigenvalue weighted by Gasteiger charge is 2.40. The molecule has 1 heterocycles. The molecule has 1 saturated carbocycles. The first-order valence-corrected chi connectivity index (χ1v) is 5.74. The minimum Gasteiger partial charge on any atom is -0.480 e. The summed E-state index contributed by atoms with van der Waals surface area (Å²) in [6.45, 7) is 0. The molecule has 0 aromatic rings. The van der Waals surface area contributed by atoms with E-state index >= 15 is 0 Å². The van der Waals surface area contributed by atoms with Gasteiger partial charge in [0, 0.05) is 19.1 Å². The lowest BCUT2D eigenvalue weighted by Crippen LogP contribution is -2.57. The molecule has 0 aromatic carbocycles. The van der Waals surface area contributed by atoms with Crippen LogP contribution in [0.1, 0.15) is 32.1 Å². The van der Waals surface area contributed by atoms with Gasteiger partial charge in [-0.15, -0.1) is 0 Å². The monoisotopic (exact) mass is 213 g/mol. The van der Waals surface area contributed by atoms with Crippen LogP contribution in [0.4, 0.5) is 0 Å². The standard InChI is InChI=1S/C11H19NO3/c1-15-10-6-9(11(13)14)12-8-5-3-2-4-7(8)10/h7-10,12H,2-6H2,1H3,(H,13,14). The van der Waals surface area contributed by atoms with Gasteiger partial charge in [-0.05, 0) is 19.3 Å². The maximum absolute atomic E-state index is 11.0. The molecule has 86 valence electrons. The first-order chi connectivity index (χ1) is 7.22. The van der Waals surface area contributed by atoms with Gasteiger partial charge < -0.3 is 15.2 Å². The fourth-order valence-electron chi connectivity index (χ4n) is 2.99. The number of piperidine rings is 1. The fourth-order valence-corrected chi connectivity index (χ4v) is 2.99. The Balaban J connectivity index is 2.06. The number of nitrogens with one attached hydrogen (secondary N) is 1. The number of rotatable bonds is 2. The predicted molar refractivity (Wildman–Crippen MR) is 55.7 cm³/mol. The van der Waals surface area contributed by atoms with Crippen molar-refractivity contribution in [3.63, 3.8) is 0 Å². The summed E-state index contributed by atoms with van der Waals surface area (Å²) < 4.78 is 5.44. The molecule has 0 radical (unpaired) electrons. The van der Waals surface area contributed by atoms with E-state index in [0.29, 0.717) is 18.4 Å². The Kier molecular flexibility index (Phi) is 3.26. The van der Waals surface area contributed by atoms with Crippen LogP contribution in [0, 0.1) is 5.92 Å². The second-order valence-electron chi connectivity index (χ2n) is 4.62. The number of ether oxygens (including phenoxy) is 1. The molecule has 4 unspecified atom stereocenters. The predicted octanol–water partition coefficient (Wildman–Crippen LogP) is 1.01. The van der Waals surface area contributed by atoms with Crippen LogP contribution >= 0.6 is 0 Å². The van der Waals surface area contributed by atoms with Crippen LogP contribution in [0.15, 0.2) is 0 Å². The summed E-state index contributed by atoms with van der Waals surface area (Å²) >= 11 is 0.